The highest BCUT2D eigenvalue weighted by Crippen LogP contribution is 2.33. The quantitative estimate of drug-likeness (QED) is 0.484. The highest BCUT2D eigenvalue weighted by molar-refractivity contribution is 6.29. The summed E-state index contributed by atoms with van der Waals surface area (Å²) < 4.78 is 5.36. The van der Waals surface area contributed by atoms with E-state index >= 15 is 0 Å². The van der Waals surface area contributed by atoms with Crippen molar-refractivity contribution in [3.8, 4) is 11.6 Å². The van der Waals surface area contributed by atoms with E-state index in [0.29, 0.717) is 5.56 Å². The van der Waals surface area contributed by atoms with Gasteiger partial charge in [-0.15, -0.1) is 0 Å². The summed E-state index contributed by atoms with van der Waals surface area (Å²) >= 11 is 5.68. The maximum Gasteiger partial charge on any atom is 0.314 e. The van der Waals surface area contributed by atoms with Gasteiger partial charge in [-0.1, -0.05) is 23.7 Å². The monoisotopic (exact) mass is 265 g/mol. The molecule has 1 heterocycles. The summed E-state index contributed by atoms with van der Waals surface area (Å²) in [6, 6.07) is 6.19. The third kappa shape index (κ3) is 2.54. The number of halogens is 1. The van der Waals surface area contributed by atoms with Crippen molar-refractivity contribution < 1.29 is 9.66 Å². The van der Waals surface area contributed by atoms with Crippen molar-refractivity contribution >= 4 is 17.3 Å². The van der Waals surface area contributed by atoms with E-state index in [4.69, 9.17) is 16.3 Å². The molecule has 0 saturated heterocycles. The molecular weight excluding hydrogens is 258 g/mol. The zero-order valence-corrected chi connectivity index (χ0v) is 10.1. The lowest BCUT2D eigenvalue weighted by atomic mass is 10.2. The average molecular weight is 266 g/mol. The van der Waals surface area contributed by atoms with Crippen molar-refractivity contribution in [2.75, 3.05) is 0 Å². The molecule has 0 atom stereocenters. The fourth-order valence-corrected chi connectivity index (χ4v) is 1.57. The van der Waals surface area contributed by atoms with Gasteiger partial charge in [-0.3, -0.25) is 10.1 Å². The number of ether oxygens (including phenoxy) is 1. The molecule has 2 aromatic rings. The van der Waals surface area contributed by atoms with Gasteiger partial charge in [0.05, 0.1) is 4.92 Å². The number of aromatic nitrogens is 2. The van der Waals surface area contributed by atoms with Gasteiger partial charge in [-0.2, -0.15) is 0 Å². The first-order chi connectivity index (χ1) is 8.58. The molecule has 0 amide bonds. The Hall–Kier alpha value is -2.21. The minimum Gasteiger partial charge on any atom is -0.432 e. The highest BCUT2D eigenvalue weighted by Gasteiger charge is 2.19. The van der Waals surface area contributed by atoms with Gasteiger partial charge in [0.2, 0.25) is 11.6 Å². The van der Waals surface area contributed by atoms with E-state index in [1.165, 1.54) is 18.5 Å². The maximum absolute atomic E-state index is 11.0. The van der Waals surface area contributed by atoms with Crippen LogP contribution < -0.4 is 4.74 Å². The smallest absolute Gasteiger partial charge is 0.314 e. The zero-order chi connectivity index (χ0) is 13.1. The Bertz CT molecular complexity index is 604. The molecule has 1 aromatic heterocycles. The molecule has 0 fully saturated rings. The molecular formula is C11H8ClN3O3. The van der Waals surface area contributed by atoms with E-state index in [0.717, 1.165) is 0 Å². The number of aryl methyl sites for hydroxylation is 1. The highest BCUT2D eigenvalue weighted by atomic mass is 35.5. The zero-order valence-electron chi connectivity index (χ0n) is 9.33. The maximum atomic E-state index is 11.0. The predicted molar refractivity (Wildman–Crippen MR) is 64.9 cm³/mol. The van der Waals surface area contributed by atoms with Crippen molar-refractivity contribution in [1.29, 1.82) is 0 Å². The minimum absolute atomic E-state index is 0.0905. The Morgan fingerprint density at radius 3 is 2.83 bits per heavy atom. The van der Waals surface area contributed by atoms with E-state index < -0.39 is 4.92 Å². The van der Waals surface area contributed by atoms with Crippen molar-refractivity contribution in [1.82, 2.24) is 9.97 Å². The number of hydrogen-bond acceptors (Lipinski definition) is 5. The largest absolute Gasteiger partial charge is 0.432 e. The van der Waals surface area contributed by atoms with Crippen LogP contribution in [0.4, 0.5) is 5.69 Å². The van der Waals surface area contributed by atoms with E-state index in [-0.39, 0.29) is 22.5 Å². The molecule has 0 aliphatic rings. The van der Waals surface area contributed by atoms with Crippen LogP contribution in [-0.2, 0) is 0 Å². The molecule has 7 heteroatoms. The third-order valence-corrected chi connectivity index (χ3v) is 2.41. The molecule has 0 N–H and O–H groups in total. The van der Waals surface area contributed by atoms with Gasteiger partial charge in [0.25, 0.3) is 0 Å². The van der Waals surface area contributed by atoms with Crippen molar-refractivity contribution in [2.45, 2.75) is 6.92 Å². The molecule has 0 saturated carbocycles. The van der Waals surface area contributed by atoms with Crippen LogP contribution in [0.5, 0.6) is 11.6 Å². The molecule has 92 valence electrons. The van der Waals surface area contributed by atoms with Crippen LogP contribution in [0.1, 0.15) is 5.56 Å². The topological polar surface area (TPSA) is 78.2 Å². The van der Waals surface area contributed by atoms with Gasteiger partial charge < -0.3 is 4.74 Å². The van der Waals surface area contributed by atoms with Gasteiger partial charge in [0.1, 0.15) is 11.5 Å². The SMILES string of the molecule is Cc1cccc(Oc2cc(Cl)ncn2)c1[N+](=O)[O-]. The van der Waals surface area contributed by atoms with Gasteiger partial charge in [0, 0.05) is 11.6 Å². The summed E-state index contributed by atoms with van der Waals surface area (Å²) in [6.45, 7) is 1.64. The summed E-state index contributed by atoms with van der Waals surface area (Å²) in [7, 11) is 0. The first-order valence-electron chi connectivity index (χ1n) is 4.97. The van der Waals surface area contributed by atoms with Gasteiger partial charge in [0.15, 0.2) is 0 Å². The average Bonchev–Trinajstić information content (AvgIpc) is 2.28. The lowest BCUT2D eigenvalue weighted by Gasteiger charge is -2.06. The Morgan fingerprint density at radius 2 is 2.17 bits per heavy atom. The van der Waals surface area contributed by atoms with Gasteiger partial charge >= 0.3 is 5.69 Å². The second-order valence-corrected chi connectivity index (χ2v) is 3.85. The third-order valence-electron chi connectivity index (χ3n) is 2.21. The molecule has 0 bridgehead atoms. The molecule has 2 rings (SSSR count). The van der Waals surface area contributed by atoms with Crippen LogP contribution in [0.25, 0.3) is 0 Å². The van der Waals surface area contributed by atoms with Crippen molar-refractivity contribution in [2.24, 2.45) is 0 Å². The Labute approximate surface area is 107 Å². The molecule has 0 unspecified atom stereocenters. The fraction of sp³-hybridized carbons (Fsp3) is 0.0909. The van der Waals surface area contributed by atoms with E-state index in [1.54, 1.807) is 19.1 Å². The number of para-hydroxylation sites is 1. The summed E-state index contributed by atoms with van der Waals surface area (Å²) in [5, 5.41) is 11.2. The number of rotatable bonds is 3. The van der Waals surface area contributed by atoms with Crippen LogP contribution in [0.15, 0.2) is 30.6 Å². The van der Waals surface area contributed by atoms with E-state index in [2.05, 4.69) is 9.97 Å². The Morgan fingerprint density at radius 1 is 1.39 bits per heavy atom. The van der Waals surface area contributed by atoms with Crippen LogP contribution in [0.2, 0.25) is 5.15 Å². The van der Waals surface area contributed by atoms with Crippen LogP contribution >= 0.6 is 11.6 Å². The standard InChI is InChI=1S/C11H8ClN3O3/c1-7-3-2-4-8(11(7)15(16)17)18-10-5-9(12)13-6-14-10/h2-6H,1H3. The number of nitrogens with zero attached hydrogens (tertiary/aromatic N) is 3. The Balaban J connectivity index is 2.40. The number of nitro groups is 1. The molecule has 6 nitrogen and oxygen atoms in total. The summed E-state index contributed by atoms with van der Waals surface area (Å²) in [4.78, 5) is 18.0. The fourth-order valence-electron chi connectivity index (χ4n) is 1.43. The minimum atomic E-state index is -0.493. The molecule has 0 aliphatic heterocycles. The van der Waals surface area contributed by atoms with E-state index in [1.807, 2.05) is 0 Å². The number of benzene rings is 1. The van der Waals surface area contributed by atoms with Crippen LogP contribution in [-0.4, -0.2) is 14.9 Å². The number of hydrogen-bond donors (Lipinski definition) is 0. The summed E-state index contributed by atoms with van der Waals surface area (Å²) in [5.74, 6) is 0.276. The van der Waals surface area contributed by atoms with Crippen molar-refractivity contribution in [3.63, 3.8) is 0 Å². The first kappa shape index (κ1) is 12.3. The van der Waals surface area contributed by atoms with E-state index in [9.17, 15) is 10.1 Å². The summed E-state index contributed by atoms with van der Waals surface area (Å²) in [5.41, 5.74) is 0.421. The predicted octanol–water partition coefficient (Wildman–Crippen LogP) is 3.14. The van der Waals surface area contributed by atoms with Crippen molar-refractivity contribution in [3.05, 3.63) is 51.4 Å². The second-order valence-electron chi connectivity index (χ2n) is 3.46. The number of nitro benzene ring substituents is 1. The van der Waals surface area contributed by atoms with Gasteiger partial charge in [-0.25, -0.2) is 9.97 Å². The normalized spacial score (nSPS) is 10.1. The lowest BCUT2D eigenvalue weighted by Crippen LogP contribution is -1.97. The first-order valence-corrected chi connectivity index (χ1v) is 5.35. The molecule has 0 spiro atoms. The molecule has 0 aliphatic carbocycles. The van der Waals surface area contributed by atoms with Crippen LogP contribution in [0.3, 0.4) is 0 Å². The molecule has 1 aromatic carbocycles. The molecule has 18 heavy (non-hydrogen) atoms. The summed E-state index contributed by atoms with van der Waals surface area (Å²) in [6.07, 6.45) is 1.22. The van der Waals surface area contributed by atoms with Gasteiger partial charge in [-0.05, 0) is 13.0 Å². The molecule has 0 radical (unpaired) electrons. The van der Waals surface area contributed by atoms with Crippen LogP contribution in [0, 0.1) is 17.0 Å². The Kier molecular flexibility index (Phi) is 3.38. The lowest BCUT2D eigenvalue weighted by molar-refractivity contribution is -0.386. The second kappa shape index (κ2) is 4.97.